The van der Waals surface area contributed by atoms with Crippen molar-refractivity contribution in [1.29, 1.82) is 0 Å². The van der Waals surface area contributed by atoms with Gasteiger partial charge in [0.25, 0.3) is 5.91 Å². The van der Waals surface area contributed by atoms with Gasteiger partial charge in [0, 0.05) is 49.4 Å². The minimum Gasteiger partial charge on any atom is -0.373 e. The van der Waals surface area contributed by atoms with E-state index >= 15 is 0 Å². The van der Waals surface area contributed by atoms with Crippen molar-refractivity contribution >= 4 is 29.2 Å². The van der Waals surface area contributed by atoms with E-state index in [1.807, 2.05) is 11.8 Å². The van der Waals surface area contributed by atoms with Crippen molar-refractivity contribution in [2.24, 2.45) is 5.92 Å². The van der Waals surface area contributed by atoms with Crippen LogP contribution in [0.5, 0.6) is 0 Å². The molecule has 1 atom stereocenters. The van der Waals surface area contributed by atoms with E-state index in [4.69, 9.17) is 11.6 Å². The van der Waals surface area contributed by atoms with Gasteiger partial charge in [0.2, 0.25) is 5.91 Å². The van der Waals surface area contributed by atoms with Gasteiger partial charge in [-0.2, -0.15) is 13.2 Å². The Morgan fingerprint density at radius 1 is 1.34 bits per heavy atom. The summed E-state index contributed by atoms with van der Waals surface area (Å²) in [5.74, 6) is -0.0678. The van der Waals surface area contributed by atoms with Crippen LogP contribution in [0.25, 0.3) is 0 Å². The van der Waals surface area contributed by atoms with Crippen LogP contribution in [-0.4, -0.2) is 47.5 Å². The Kier molecular flexibility index (Phi) is 7.48. The zero-order valence-corrected chi connectivity index (χ0v) is 18.7. The number of rotatable bonds is 8. The normalized spacial score (nSPS) is 17.7. The topological polar surface area (TPSA) is 74.3 Å². The van der Waals surface area contributed by atoms with Crippen LogP contribution in [0.3, 0.4) is 0 Å². The van der Waals surface area contributed by atoms with Crippen LogP contribution >= 0.6 is 11.6 Å². The van der Waals surface area contributed by atoms with Gasteiger partial charge in [-0.05, 0) is 56.4 Å². The number of nitrogens with one attached hydrogen (secondary N) is 2. The predicted octanol–water partition coefficient (Wildman–Crippen LogP) is 4.60. The van der Waals surface area contributed by atoms with E-state index in [0.29, 0.717) is 28.7 Å². The molecule has 1 fully saturated rings. The second kappa shape index (κ2) is 9.94. The van der Waals surface area contributed by atoms with Crippen molar-refractivity contribution in [2.75, 3.05) is 18.9 Å². The lowest BCUT2D eigenvalue weighted by Gasteiger charge is -2.31. The summed E-state index contributed by atoms with van der Waals surface area (Å²) in [6, 6.07) is 2.73. The predicted molar refractivity (Wildman–Crippen MR) is 116 cm³/mol. The molecule has 0 aromatic carbocycles. The minimum atomic E-state index is -4.19. The third kappa shape index (κ3) is 6.72. The van der Waals surface area contributed by atoms with E-state index in [0.717, 1.165) is 18.4 Å². The molecule has 1 unspecified atom stereocenters. The summed E-state index contributed by atoms with van der Waals surface area (Å²) in [7, 11) is 1.77. The first-order valence-electron chi connectivity index (χ1n) is 10.5. The number of likely N-dealkylation sites (N-methyl/N-ethyl adjacent to an activating group) is 1. The molecule has 6 nitrogen and oxygen atoms in total. The average molecular weight is 471 g/mol. The SMILES string of the molecule is CC(NC(=O)c1ccnc(NC(=O)C2CC2)c1)C1=CC(Cl)=C(CCCC(F)(F)F)N(C)C1. The molecule has 1 aromatic rings. The standard InChI is InChI=1S/C22H26ClF3N4O2/c1-13(16-10-17(23)18(30(2)12-16)4-3-8-22(24,25)26)28-21(32)15-7-9-27-19(11-15)29-20(31)14-5-6-14/h7,9-11,13-14H,3-6,8,12H2,1-2H3,(H,28,32)(H,27,29,31). The Morgan fingerprint density at radius 2 is 2.06 bits per heavy atom. The van der Waals surface area contributed by atoms with Gasteiger partial charge >= 0.3 is 6.18 Å². The van der Waals surface area contributed by atoms with Gasteiger partial charge in [-0.1, -0.05) is 11.6 Å². The lowest BCUT2D eigenvalue weighted by molar-refractivity contribution is -0.135. The molecule has 2 heterocycles. The molecule has 3 rings (SSSR count). The van der Waals surface area contributed by atoms with E-state index < -0.39 is 12.6 Å². The molecule has 10 heteroatoms. The van der Waals surface area contributed by atoms with Gasteiger partial charge in [0.05, 0.1) is 5.03 Å². The minimum absolute atomic E-state index is 0.0284. The zero-order chi connectivity index (χ0) is 23.5. The quantitative estimate of drug-likeness (QED) is 0.582. The summed E-state index contributed by atoms with van der Waals surface area (Å²) >= 11 is 6.34. The number of alkyl halides is 3. The molecule has 2 aliphatic rings. The molecular weight excluding hydrogens is 445 g/mol. The van der Waals surface area contributed by atoms with E-state index in [2.05, 4.69) is 15.6 Å². The second-order valence-electron chi connectivity index (χ2n) is 8.23. The lowest BCUT2D eigenvalue weighted by atomic mass is 10.0. The number of allylic oxidation sites excluding steroid dienone is 3. The van der Waals surface area contributed by atoms with E-state index in [1.54, 1.807) is 19.2 Å². The Labute approximate surface area is 189 Å². The van der Waals surface area contributed by atoms with E-state index in [9.17, 15) is 22.8 Å². The number of anilines is 1. The molecule has 1 saturated carbocycles. The number of halogens is 4. The molecule has 174 valence electrons. The highest BCUT2D eigenvalue weighted by atomic mass is 35.5. The van der Waals surface area contributed by atoms with Crippen molar-refractivity contribution in [3.8, 4) is 0 Å². The smallest absolute Gasteiger partial charge is 0.373 e. The van der Waals surface area contributed by atoms with Crippen LogP contribution in [0.1, 0.15) is 49.4 Å². The lowest BCUT2D eigenvalue weighted by Crippen LogP contribution is -2.38. The maximum absolute atomic E-state index is 12.7. The highest BCUT2D eigenvalue weighted by Gasteiger charge is 2.30. The van der Waals surface area contributed by atoms with Gasteiger partial charge in [-0.3, -0.25) is 9.59 Å². The summed E-state index contributed by atoms with van der Waals surface area (Å²) in [4.78, 5) is 30.5. The molecule has 1 aromatic heterocycles. The Balaban J connectivity index is 1.61. The average Bonchev–Trinajstić information content (AvgIpc) is 3.54. The van der Waals surface area contributed by atoms with Gasteiger partial charge in [-0.25, -0.2) is 4.98 Å². The first-order valence-corrected chi connectivity index (χ1v) is 10.9. The Morgan fingerprint density at radius 3 is 2.69 bits per heavy atom. The summed E-state index contributed by atoms with van der Waals surface area (Å²) < 4.78 is 37.3. The zero-order valence-electron chi connectivity index (χ0n) is 17.9. The van der Waals surface area contributed by atoms with Gasteiger partial charge in [-0.15, -0.1) is 0 Å². The van der Waals surface area contributed by atoms with Crippen molar-refractivity contribution < 1.29 is 22.8 Å². The van der Waals surface area contributed by atoms with E-state index in [-0.39, 0.29) is 36.6 Å². The third-order valence-electron chi connectivity index (χ3n) is 5.47. The molecule has 2 amide bonds. The largest absolute Gasteiger partial charge is 0.389 e. The first-order chi connectivity index (χ1) is 15.0. The molecule has 2 N–H and O–H groups in total. The van der Waals surface area contributed by atoms with Gasteiger partial charge in [0.1, 0.15) is 5.82 Å². The van der Waals surface area contributed by atoms with Crippen molar-refractivity contribution in [3.63, 3.8) is 0 Å². The highest BCUT2D eigenvalue weighted by Crippen LogP contribution is 2.31. The maximum Gasteiger partial charge on any atom is 0.389 e. The highest BCUT2D eigenvalue weighted by molar-refractivity contribution is 6.31. The van der Waals surface area contributed by atoms with Gasteiger partial charge in [0.15, 0.2) is 0 Å². The number of pyridine rings is 1. The summed E-state index contributed by atoms with van der Waals surface area (Å²) in [5, 5.41) is 5.99. The number of amides is 2. The van der Waals surface area contributed by atoms with Crippen LogP contribution < -0.4 is 10.6 Å². The monoisotopic (exact) mass is 470 g/mol. The van der Waals surface area contributed by atoms with Crippen molar-refractivity contribution in [2.45, 2.75) is 51.2 Å². The van der Waals surface area contributed by atoms with Crippen LogP contribution in [0.15, 0.2) is 40.7 Å². The number of hydrogen-bond donors (Lipinski definition) is 2. The number of carbonyl (C=O) groups excluding carboxylic acids is 2. The van der Waals surface area contributed by atoms with Gasteiger partial charge < -0.3 is 15.5 Å². The van der Waals surface area contributed by atoms with Crippen LogP contribution in [0.2, 0.25) is 0 Å². The third-order valence-corrected chi connectivity index (χ3v) is 5.79. The molecule has 1 aliphatic carbocycles. The van der Waals surface area contributed by atoms with Crippen LogP contribution in [0, 0.1) is 5.92 Å². The number of hydrogen-bond acceptors (Lipinski definition) is 4. The molecule has 32 heavy (non-hydrogen) atoms. The van der Waals surface area contributed by atoms with Crippen LogP contribution in [0.4, 0.5) is 19.0 Å². The molecule has 1 aliphatic heterocycles. The maximum atomic E-state index is 12.7. The Hall–Kier alpha value is -2.55. The number of nitrogens with zero attached hydrogens (tertiary/aromatic N) is 2. The summed E-state index contributed by atoms with van der Waals surface area (Å²) in [5.41, 5.74) is 1.85. The number of aromatic nitrogens is 1. The number of carbonyl (C=O) groups is 2. The molecular formula is C22H26ClF3N4O2. The molecule has 0 spiro atoms. The molecule has 0 bridgehead atoms. The summed E-state index contributed by atoms with van der Waals surface area (Å²) in [6.07, 6.45) is 0.0660. The van der Waals surface area contributed by atoms with Crippen molar-refractivity contribution in [1.82, 2.24) is 15.2 Å². The van der Waals surface area contributed by atoms with Crippen LogP contribution in [-0.2, 0) is 4.79 Å². The second-order valence-corrected chi connectivity index (χ2v) is 8.63. The summed E-state index contributed by atoms with van der Waals surface area (Å²) in [6.45, 7) is 2.26. The first kappa shape index (κ1) is 24.1. The fraction of sp³-hybridized carbons (Fsp3) is 0.500. The van der Waals surface area contributed by atoms with E-state index in [1.165, 1.54) is 12.3 Å². The molecule has 0 radical (unpaired) electrons. The Bertz CT molecular complexity index is 941. The fourth-order valence-electron chi connectivity index (χ4n) is 3.46. The molecule has 0 saturated heterocycles. The van der Waals surface area contributed by atoms with Crippen molar-refractivity contribution in [3.05, 3.63) is 46.3 Å². The fourth-order valence-corrected chi connectivity index (χ4v) is 3.84.